The number of allylic oxidation sites excluding steroid dienone is 18. The molecule has 0 heterocycles. The van der Waals surface area contributed by atoms with Crippen LogP contribution in [0.2, 0.25) is 0 Å². The van der Waals surface area contributed by atoms with E-state index in [1.54, 1.807) is 0 Å². The summed E-state index contributed by atoms with van der Waals surface area (Å²) in [7, 11) is 0. The third-order valence-corrected chi connectivity index (χ3v) is 12.8. The Morgan fingerprint density at radius 1 is 0.288 bits per heavy atom. The summed E-state index contributed by atoms with van der Waals surface area (Å²) in [4.78, 5) is 38.1. The smallest absolute Gasteiger partial charge is 0.306 e. The highest BCUT2D eigenvalue weighted by molar-refractivity contribution is 5.71. The number of rotatable bonds is 54. The Morgan fingerprint density at radius 2 is 0.534 bits per heavy atom. The minimum Gasteiger partial charge on any atom is -0.462 e. The summed E-state index contributed by atoms with van der Waals surface area (Å²) < 4.78 is 16.8. The molecule has 0 radical (unpaired) electrons. The first-order valence-electron chi connectivity index (χ1n) is 30.4. The minimum atomic E-state index is -0.792. The topological polar surface area (TPSA) is 78.9 Å². The minimum absolute atomic E-state index is 0.0881. The van der Waals surface area contributed by atoms with Crippen LogP contribution in [0.3, 0.4) is 0 Å². The molecule has 1 atom stereocenters. The molecular weight excluding hydrogens is 901 g/mol. The van der Waals surface area contributed by atoms with Crippen molar-refractivity contribution in [1.82, 2.24) is 0 Å². The maximum atomic E-state index is 12.9. The van der Waals surface area contributed by atoms with Gasteiger partial charge in [-0.15, -0.1) is 0 Å². The van der Waals surface area contributed by atoms with E-state index in [1.807, 2.05) is 0 Å². The maximum Gasteiger partial charge on any atom is 0.306 e. The van der Waals surface area contributed by atoms with Crippen LogP contribution in [-0.2, 0) is 28.6 Å². The SMILES string of the molecule is CC/C=C\C/C=C\C/C=C\C/C=C\C/C=C\C/C=C\CCCCCCCCC(=O)OCC(COC(=O)CCCCCCCCCCC)OC(=O)CCCCCCCC/C=C\C/C=C\C/C=C\CCCCCCC. The fourth-order valence-electron chi connectivity index (χ4n) is 8.22. The molecule has 6 heteroatoms. The van der Waals surface area contributed by atoms with Gasteiger partial charge in [-0.1, -0.05) is 259 Å². The van der Waals surface area contributed by atoms with Gasteiger partial charge in [0.2, 0.25) is 0 Å². The Hall–Kier alpha value is -3.93. The van der Waals surface area contributed by atoms with Crippen LogP contribution in [0.1, 0.15) is 278 Å². The summed E-state index contributed by atoms with van der Waals surface area (Å²) in [5.41, 5.74) is 0. The summed E-state index contributed by atoms with van der Waals surface area (Å²) in [5, 5.41) is 0. The zero-order valence-corrected chi connectivity index (χ0v) is 47.6. The van der Waals surface area contributed by atoms with Crippen molar-refractivity contribution in [3.05, 3.63) is 109 Å². The molecule has 0 aliphatic rings. The average molecular weight is 1010 g/mol. The van der Waals surface area contributed by atoms with Gasteiger partial charge < -0.3 is 14.2 Å². The van der Waals surface area contributed by atoms with Crippen molar-refractivity contribution in [1.29, 1.82) is 0 Å². The van der Waals surface area contributed by atoms with Crippen LogP contribution in [0.4, 0.5) is 0 Å². The van der Waals surface area contributed by atoms with Gasteiger partial charge in [0.25, 0.3) is 0 Å². The summed E-state index contributed by atoms with van der Waals surface area (Å²) >= 11 is 0. The van der Waals surface area contributed by atoms with E-state index in [1.165, 1.54) is 103 Å². The van der Waals surface area contributed by atoms with Gasteiger partial charge in [-0.2, -0.15) is 0 Å². The van der Waals surface area contributed by atoms with E-state index in [4.69, 9.17) is 14.2 Å². The molecule has 416 valence electrons. The molecule has 0 saturated heterocycles. The number of hydrogen-bond acceptors (Lipinski definition) is 6. The Bertz CT molecular complexity index is 1490. The van der Waals surface area contributed by atoms with Crippen LogP contribution in [-0.4, -0.2) is 37.2 Å². The van der Waals surface area contributed by atoms with E-state index in [0.717, 1.165) is 135 Å². The van der Waals surface area contributed by atoms with Gasteiger partial charge in [-0.25, -0.2) is 0 Å². The third-order valence-electron chi connectivity index (χ3n) is 12.8. The molecule has 73 heavy (non-hydrogen) atoms. The highest BCUT2D eigenvalue weighted by atomic mass is 16.6. The van der Waals surface area contributed by atoms with E-state index < -0.39 is 6.10 Å². The first-order valence-corrected chi connectivity index (χ1v) is 30.4. The molecule has 6 nitrogen and oxygen atoms in total. The fraction of sp³-hybridized carbons (Fsp3) is 0.687. The number of hydrogen-bond donors (Lipinski definition) is 0. The molecule has 0 saturated carbocycles. The van der Waals surface area contributed by atoms with Gasteiger partial charge in [-0.3, -0.25) is 14.4 Å². The van der Waals surface area contributed by atoms with Crippen LogP contribution < -0.4 is 0 Å². The molecule has 0 aromatic heterocycles. The van der Waals surface area contributed by atoms with Crippen molar-refractivity contribution in [3.8, 4) is 0 Å². The van der Waals surface area contributed by atoms with Gasteiger partial charge in [0.05, 0.1) is 0 Å². The quantitative estimate of drug-likeness (QED) is 0.0261. The van der Waals surface area contributed by atoms with Crippen molar-refractivity contribution >= 4 is 17.9 Å². The van der Waals surface area contributed by atoms with Crippen LogP contribution in [0.25, 0.3) is 0 Å². The van der Waals surface area contributed by atoms with Gasteiger partial charge in [0, 0.05) is 19.3 Å². The molecule has 0 aliphatic heterocycles. The standard InChI is InChI=1S/C67H112O6/c1-4-7-10-13-16-19-21-23-25-27-29-31-32-33-34-36-37-39-41-43-45-48-51-54-57-60-66(69)72-63-64(62-71-65(68)59-56-53-50-47-18-15-12-9-6-3)73-67(70)61-58-55-52-49-46-44-42-40-38-35-30-28-26-24-22-20-17-14-11-8-5-2/h7,10,16,19,22-25,28-31,33-34,37-40,64H,4-6,8-9,11-15,17-18,20-21,26-27,32,35-36,41-63H2,1-3H3/b10-7-,19-16-,24-22-,25-23-,30-28-,31-29-,34-33-,39-37-,40-38-. The second-order valence-electron chi connectivity index (χ2n) is 19.9. The normalized spacial score (nSPS) is 12.9. The predicted molar refractivity (Wildman–Crippen MR) is 316 cm³/mol. The predicted octanol–water partition coefficient (Wildman–Crippen LogP) is 20.7. The molecule has 0 rings (SSSR count). The van der Waals surface area contributed by atoms with Crippen molar-refractivity contribution in [3.63, 3.8) is 0 Å². The zero-order chi connectivity index (χ0) is 52.9. The third kappa shape index (κ3) is 58.8. The average Bonchev–Trinajstić information content (AvgIpc) is 3.39. The number of unbranched alkanes of at least 4 members (excludes halogenated alkanes) is 25. The molecule has 0 spiro atoms. The molecule has 0 amide bonds. The first-order chi connectivity index (χ1) is 36.0. The van der Waals surface area contributed by atoms with E-state index in [2.05, 4.69) is 130 Å². The summed E-state index contributed by atoms with van der Waals surface area (Å²) in [6.45, 7) is 6.48. The molecule has 0 aromatic carbocycles. The number of carbonyl (C=O) groups is 3. The van der Waals surface area contributed by atoms with Gasteiger partial charge in [-0.05, 0) is 109 Å². The highest BCUT2D eigenvalue weighted by Gasteiger charge is 2.19. The number of carbonyl (C=O) groups excluding carboxylic acids is 3. The van der Waals surface area contributed by atoms with E-state index in [9.17, 15) is 14.4 Å². The largest absolute Gasteiger partial charge is 0.462 e. The monoisotopic (exact) mass is 1010 g/mol. The Kier molecular flexibility index (Phi) is 57.4. The second-order valence-corrected chi connectivity index (χ2v) is 19.9. The lowest BCUT2D eigenvalue weighted by Crippen LogP contribution is -2.30. The summed E-state index contributed by atoms with van der Waals surface area (Å²) in [6.07, 6.45) is 82.3. The first kappa shape index (κ1) is 69.1. The lowest BCUT2D eigenvalue weighted by atomic mass is 10.1. The Balaban J connectivity index is 4.33. The second kappa shape index (κ2) is 60.6. The van der Waals surface area contributed by atoms with E-state index in [0.29, 0.717) is 19.3 Å². The van der Waals surface area contributed by atoms with Crippen molar-refractivity contribution in [2.24, 2.45) is 0 Å². The van der Waals surface area contributed by atoms with Crippen molar-refractivity contribution in [2.75, 3.05) is 13.2 Å². The lowest BCUT2D eigenvalue weighted by Gasteiger charge is -2.18. The summed E-state index contributed by atoms with van der Waals surface area (Å²) in [5.74, 6) is -0.916. The molecule has 0 aromatic rings. The van der Waals surface area contributed by atoms with Crippen molar-refractivity contribution in [2.45, 2.75) is 284 Å². The maximum absolute atomic E-state index is 12.9. The molecule has 0 N–H and O–H groups in total. The van der Waals surface area contributed by atoms with E-state index >= 15 is 0 Å². The summed E-state index contributed by atoms with van der Waals surface area (Å²) in [6, 6.07) is 0. The molecule has 0 fully saturated rings. The van der Waals surface area contributed by atoms with Gasteiger partial charge in [0.15, 0.2) is 6.10 Å². The van der Waals surface area contributed by atoms with Crippen LogP contribution in [0.5, 0.6) is 0 Å². The van der Waals surface area contributed by atoms with E-state index in [-0.39, 0.29) is 31.1 Å². The number of ether oxygens (including phenoxy) is 3. The van der Waals surface area contributed by atoms with Crippen LogP contribution in [0, 0.1) is 0 Å². The fourth-order valence-corrected chi connectivity index (χ4v) is 8.22. The van der Waals surface area contributed by atoms with Crippen LogP contribution >= 0.6 is 0 Å². The molecule has 1 unspecified atom stereocenters. The highest BCUT2D eigenvalue weighted by Crippen LogP contribution is 2.15. The molecule has 0 bridgehead atoms. The van der Waals surface area contributed by atoms with Gasteiger partial charge in [0.1, 0.15) is 13.2 Å². The number of esters is 3. The zero-order valence-electron chi connectivity index (χ0n) is 47.6. The van der Waals surface area contributed by atoms with Crippen LogP contribution in [0.15, 0.2) is 109 Å². The van der Waals surface area contributed by atoms with Crippen molar-refractivity contribution < 1.29 is 28.6 Å². The molecule has 0 aliphatic carbocycles. The Morgan fingerprint density at radius 3 is 0.836 bits per heavy atom. The Labute approximate surface area is 450 Å². The lowest BCUT2D eigenvalue weighted by molar-refractivity contribution is -0.167. The van der Waals surface area contributed by atoms with Gasteiger partial charge >= 0.3 is 17.9 Å². The molecular formula is C67H112O6.